The van der Waals surface area contributed by atoms with Crippen LogP contribution in [0.1, 0.15) is 22.8 Å². The maximum Gasteiger partial charge on any atom is 0.338 e. The van der Waals surface area contributed by atoms with Crippen molar-refractivity contribution in [1.29, 1.82) is 0 Å². The van der Waals surface area contributed by atoms with Gasteiger partial charge in [0.25, 0.3) is 5.91 Å². The largest absolute Gasteiger partial charge is 0.508 e. The van der Waals surface area contributed by atoms with Gasteiger partial charge in [0.1, 0.15) is 17.2 Å². The average Bonchev–Trinajstić information content (AvgIpc) is 2.62. The number of carbonyl (C=O) groups excluding carboxylic acids is 2. The molecule has 8 nitrogen and oxygen atoms in total. The Kier molecular flexibility index (Phi) is 6.55. The Morgan fingerprint density at radius 2 is 1.88 bits per heavy atom. The number of hydrogen-bond acceptors (Lipinski definition) is 7. The summed E-state index contributed by atoms with van der Waals surface area (Å²) in [5.41, 5.74) is 2.97. The highest BCUT2D eigenvalue weighted by Crippen LogP contribution is 2.20. The van der Waals surface area contributed by atoms with E-state index in [1.165, 1.54) is 30.5 Å². The Morgan fingerprint density at radius 3 is 2.54 bits per heavy atom. The molecule has 0 unspecified atom stereocenters. The summed E-state index contributed by atoms with van der Waals surface area (Å²) in [4.78, 5) is 23.2. The van der Waals surface area contributed by atoms with E-state index in [-0.39, 0.29) is 18.1 Å². The van der Waals surface area contributed by atoms with Gasteiger partial charge in [-0.15, -0.1) is 0 Å². The Labute approximate surface area is 149 Å². The molecule has 0 heterocycles. The first-order chi connectivity index (χ1) is 12.5. The first-order valence-electron chi connectivity index (χ1n) is 7.73. The maximum atomic E-state index is 11.7. The molecule has 0 fully saturated rings. The van der Waals surface area contributed by atoms with E-state index in [4.69, 9.17) is 9.47 Å². The zero-order valence-electron chi connectivity index (χ0n) is 14.0. The quantitative estimate of drug-likeness (QED) is 0.395. The molecule has 1 amide bonds. The number of aromatic hydroxyl groups is 2. The molecule has 26 heavy (non-hydrogen) atoms. The third-order valence-corrected chi connectivity index (χ3v) is 3.14. The molecular formula is C18H18N2O6. The fourth-order valence-corrected chi connectivity index (χ4v) is 1.90. The lowest BCUT2D eigenvalue weighted by Gasteiger charge is -2.06. The van der Waals surface area contributed by atoms with Crippen molar-refractivity contribution in [1.82, 2.24) is 5.43 Å². The van der Waals surface area contributed by atoms with Gasteiger partial charge in [-0.05, 0) is 43.3 Å². The van der Waals surface area contributed by atoms with Crippen LogP contribution in [0, 0.1) is 0 Å². The number of hydrogen-bond donors (Lipinski definition) is 3. The molecular weight excluding hydrogens is 340 g/mol. The molecule has 2 aromatic rings. The summed E-state index contributed by atoms with van der Waals surface area (Å²) >= 11 is 0. The lowest BCUT2D eigenvalue weighted by molar-refractivity contribution is -0.123. The molecule has 3 N–H and O–H groups in total. The Morgan fingerprint density at radius 1 is 1.15 bits per heavy atom. The summed E-state index contributed by atoms with van der Waals surface area (Å²) < 4.78 is 10.2. The van der Waals surface area contributed by atoms with Gasteiger partial charge in [0.2, 0.25) is 0 Å². The molecule has 0 radical (unpaired) electrons. The number of nitrogens with zero attached hydrogens (tertiary/aromatic N) is 1. The van der Waals surface area contributed by atoms with Crippen LogP contribution in [0.3, 0.4) is 0 Å². The summed E-state index contributed by atoms with van der Waals surface area (Å²) in [6.07, 6.45) is 1.24. The molecule has 2 rings (SSSR count). The topological polar surface area (TPSA) is 117 Å². The van der Waals surface area contributed by atoms with E-state index in [0.717, 1.165) is 6.07 Å². The lowest BCUT2D eigenvalue weighted by atomic mass is 10.2. The second-order valence-corrected chi connectivity index (χ2v) is 5.07. The van der Waals surface area contributed by atoms with Gasteiger partial charge < -0.3 is 19.7 Å². The number of ether oxygens (including phenoxy) is 2. The van der Waals surface area contributed by atoms with Crippen LogP contribution in [-0.4, -0.2) is 41.5 Å². The molecule has 0 aliphatic heterocycles. The SMILES string of the molecule is CCOC(=O)c1ccc(OCC(=O)N/N=C/c2ccc(O)cc2O)cc1. The third-order valence-electron chi connectivity index (χ3n) is 3.14. The number of esters is 1. The number of rotatable bonds is 7. The van der Waals surface area contributed by atoms with E-state index >= 15 is 0 Å². The zero-order valence-corrected chi connectivity index (χ0v) is 14.0. The van der Waals surface area contributed by atoms with Crippen molar-refractivity contribution >= 4 is 18.1 Å². The lowest BCUT2D eigenvalue weighted by Crippen LogP contribution is -2.24. The molecule has 136 valence electrons. The van der Waals surface area contributed by atoms with Crippen molar-refractivity contribution in [2.75, 3.05) is 13.2 Å². The van der Waals surface area contributed by atoms with Crippen molar-refractivity contribution in [2.45, 2.75) is 6.92 Å². The summed E-state index contributed by atoms with van der Waals surface area (Å²) in [5.74, 6) is -0.766. The fourth-order valence-electron chi connectivity index (χ4n) is 1.90. The van der Waals surface area contributed by atoms with Crippen LogP contribution >= 0.6 is 0 Å². The van der Waals surface area contributed by atoms with Crippen LogP contribution in [0.5, 0.6) is 17.2 Å². The third kappa shape index (κ3) is 5.52. The van der Waals surface area contributed by atoms with Crippen LogP contribution in [0.4, 0.5) is 0 Å². The van der Waals surface area contributed by atoms with Gasteiger partial charge in [-0.1, -0.05) is 0 Å². The van der Waals surface area contributed by atoms with E-state index in [0.29, 0.717) is 23.5 Å². The second-order valence-electron chi connectivity index (χ2n) is 5.07. The van der Waals surface area contributed by atoms with Gasteiger partial charge in [0, 0.05) is 11.6 Å². The smallest absolute Gasteiger partial charge is 0.338 e. The predicted octanol–water partition coefficient (Wildman–Crippen LogP) is 1.80. The predicted molar refractivity (Wildman–Crippen MR) is 93.4 cm³/mol. The normalized spacial score (nSPS) is 10.5. The molecule has 0 saturated carbocycles. The number of phenols is 2. The van der Waals surface area contributed by atoms with Crippen LogP contribution < -0.4 is 10.2 Å². The van der Waals surface area contributed by atoms with Crippen molar-refractivity contribution < 1.29 is 29.3 Å². The number of benzene rings is 2. The Bertz CT molecular complexity index is 802. The highest BCUT2D eigenvalue weighted by molar-refractivity contribution is 5.89. The van der Waals surface area contributed by atoms with Crippen LogP contribution in [-0.2, 0) is 9.53 Å². The Hall–Kier alpha value is -3.55. The van der Waals surface area contributed by atoms with Gasteiger partial charge in [0.05, 0.1) is 18.4 Å². The summed E-state index contributed by atoms with van der Waals surface area (Å²) in [6, 6.07) is 10.2. The summed E-state index contributed by atoms with van der Waals surface area (Å²) in [6.45, 7) is 1.73. The molecule has 0 saturated heterocycles. The van der Waals surface area contributed by atoms with Crippen molar-refractivity contribution in [2.24, 2.45) is 5.10 Å². The van der Waals surface area contributed by atoms with Crippen LogP contribution in [0.2, 0.25) is 0 Å². The standard InChI is InChI=1S/C18H18N2O6/c1-2-25-18(24)12-4-7-15(8-5-12)26-11-17(23)20-19-10-13-3-6-14(21)9-16(13)22/h3-10,21-22H,2,11H2,1H3,(H,20,23)/b19-10+. The molecule has 0 aliphatic carbocycles. The minimum Gasteiger partial charge on any atom is -0.508 e. The molecule has 0 bridgehead atoms. The number of hydrazone groups is 1. The minimum absolute atomic E-state index is 0.0777. The minimum atomic E-state index is -0.506. The van der Waals surface area contributed by atoms with E-state index in [2.05, 4.69) is 10.5 Å². The van der Waals surface area contributed by atoms with Gasteiger partial charge in [-0.3, -0.25) is 4.79 Å². The van der Waals surface area contributed by atoms with Gasteiger partial charge in [-0.2, -0.15) is 5.10 Å². The van der Waals surface area contributed by atoms with Crippen molar-refractivity contribution in [3.8, 4) is 17.2 Å². The number of phenolic OH excluding ortho intramolecular Hbond substituents is 2. The molecule has 0 aromatic heterocycles. The van der Waals surface area contributed by atoms with Crippen LogP contribution in [0.15, 0.2) is 47.6 Å². The van der Waals surface area contributed by atoms with Gasteiger partial charge >= 0.3 is 5.97 Å². The highest BCUT2D eigenvalue weighted by atomic mass is 16.5. The van der Waals surface area contributed by atoms with Gasteiger partial charge in [0.15, 0.2) is 6.61 Å². The maximum absolute atomic E-state index is 11.7. The molecule has 0 aliphatic rings. The first kappa shape index (κ1) is 18.8. The van der Waals surface area contributed by atoms with Gasteiger partial charge in [-0.25, -0.2) is 10.2 Å². The number of nitrogens with one attached hydrogen (secondary N) is 1. The first-order valence-corrected chi connectivity index (χ1v) is 7.73. The molecule has 0 atom stereocenters. The van der Waals surface area contributed by atoms with Crippen LogP contribution in [0.25, 0.3) is 0 Å². The zero-order chi connectivity index (χ0) is 18.9. The summed E-state index contributed by atoms with van der Waals surface area (Å²) in [5, 5.41) is 22.5. The van der Waals surface area contributed by atoms with Crippen molar-refractivity contribution in [3.05, 3.63) is 53.6 Å². The van der Waals surface area contributed by atoms with E-state index < -0.39 is 11.9 Å². The number of amides is 1. The van der Waals surface area contributed by atoms with E-state index in [1.807, 2.05) is 0 Å². The highest BCUT2D eigenvalue weighted by Gasteiger charge is 2.07. The Balaban J connectivity index is 1.81. The fraction of sp³-hybridized carbons (Fsp3) is 0.167. The second kappa shape index (κ2) is 9.07. The molecule has 0 spiro atoms. The molecule has 2 aromatic carbocycles. The number of carbonyl (C=O) groups is 2. The monoisotopic (exact) mass is 358 g/mol. The van der Waals surface area contributed by atoms with Crippen molar-refractivity contribution in [3.63, 3.8) is 0 Å². The average molecular weight is 358 g/mol. The van der Waals surface area contributed by atoms with E-state index in [9.17, 15) is 19.8 Å². The molecule has 8 heteroatoms. The van der Waals surface area contributed by atoms with E-state index in [1.54, 1.807) is 19.1 Å². The summed E-state index contributed by atoms with van der Waals surface area (Å²) in [7, 11) is 0.